The van der Waals surface area contributed by atoms with E-state index in [0.29, 0.717) is 0 Å². The second-order valence-corrected chi connectivity index (χ2v) is 9.36. The maximum absolute atomic E-state index is 12.3. The van der Waals surface area contributed by atoms with Crippen LogP contribution in [0.15, 0.2) is 44.4 Å². The maximum atomic E-state index is 12.3. The number of ether oxygens (including phenoxy) is 1. The first-order valence-electron chi connectivity index (χ1n) is 6.96. The first-order chi connectivity index (χ1) is 10.9. The Morgan fingerprint density at radius 3 is 2.52 bits per heavy atom. The number of aliphatic hydroxyl groups excluding tert-OH is 1. The number of halogens is 1. The van der Waals surface area contributed by atoms with Crippen molar-refractivity contribution in [2.45, 2.75) is 17.2 Å². The Morgan fingerprint density at radius 1 is 1.26 bits per heavy atom. The minimum Gasteiger partial charge on any atom is -0.394 e. The molecule has 0 aliphatic heterocycles. The summed E-state index contributed by atoms with van der Waals surface area (Å²) in [7, 11) is -3.58. The molecule has 0 saturated heterocycles. The predicted molar refractivity (Wildman–Crippen MR) is 94.2 cm³/mol. The fourth-order valence-electron chi connectivity index (χ4n) is 1.95. The van der Waals surface area contributed by atoms with Crippen LogP contribution in [0.5, 0.6) is 0 Å². The molecule has 0 bridgehead atoms. The lowest BCUT2D eigenvalue weighted by molar-refractivity contribution is 0.0309. The Labute approximate surface area is 148 Å². The van der Waals surface area contributed by atoms with E-state index in [0.717, 1.165) is 26.3 Å². The van der Waals surface area contributed by atoms with Gasteiger partial charge in [-0.2, -0.15) is 0 Å². The number of rotatable bonds is 8. The molecule has 1 atom stereocenters. The third kappa shape index (κ3) is 5.37. The van der Waals surface area contributed by atoms with Gasteiger partial charge in [0.15, 0.2) is 0 Å². The summed E-state index contributed by atoms with van der Waals surface area (Å²) in [5.74, 6) is 0. The lowest BCUT2D eigenvalue weighted by atomic mass is 10.1. The number of aryl methyl sites for hydroxylation is 1. The number of aliphatic hydroxyl groups is 1. The molecule has 126 valence electrons. The third-order valence-electron chi connectivity index (χ3n) is 3.13. The summed E-state index contributed by atoms with van der Waals surface area (Å²) in [6, 6.07) is 10.9. The molecule has 0 saturated carbocycles. The summed E-state index contributed by atoms with van der Waals surface area (Å²) < 4.78 is 33.7. The monoisotopic (exact) mass is 419 g/mol. The van der Waals surface area contributed by atoms with Crippen molar-refractivity contribution >= 4 is 37.3 Å². The summed E-state index contributed by atoms with van der Waals surface area (Å²) >= 11 is 4.40. The predicted octanol–water partition coefficient (Wildman–Crippen LogP) is 2.85. The maximum Gasteiger partial charge on any atom is 0.250 e. The van der Waals surface area contributed by atoms with Gasteiger partial charge in [-0.1, -0.05) is 29.8 Å². The lowest BCUT2D eigenvalue weighted by Crippen LogP contribution is -2.29. The number of hydrogen-bond acceptors (Lipinski definition) is 5. The zero-order valence-electron chi connectivity index (χ0n) is 12.5. The average Bonchev–Trinajstić information content (AvgIpc) is 2.96. The molecule has 2 aromatic rings. The zero-order chi connectivity index (χ0) is 16.9. The molecule has 1 aromatic carbocycles. The highest BCUT2D eigenvalue weighted by Crippen LogP contribution is 2.26. The van der Waals surface area contributed by atoms with Gasteiger partial charge in [-0.3, -0.25) is 0 Å². The van der Waals surface area contributed by atoms with Crippen LogP contribution in [0.1, 0.15) is 17.2 Å². The average molecular weight is 420 g/mol. The van der Waals surface area contributed by atoms with Crippen LogP contribution >= 0.6 is 27.3 Å². The molecule has 0 amide bonds. The Kier molecular flexibility index (Phi) is 6.75. The highest BCUT2D eigenvalue weighted by atomic mass is 79.9. The van der Waals surface area contributed by atoms with E-state index in [1.165, 1.54) is 0 Å². The van der Waals surface area contributed by atoms with E-state index < -0.39 is 16.1 Å². The lowest BCUT2D eigenvalue weighted by Gasteiger charge is -2.18. The van der Waals surface area contributed by atoms with Crippen LogP contribution in [0.25, 0.3) is 0 Å². The van der Waals surface area contributed by atoms with Crippen LogP contribution in [0.3, 0.4) is 0 Å². The molecule has 0 aliphatic rings. The van der Waals surface area contributed by atoms with Crippen LogP contribution in [0, 0.1) is 6.92 Å². The van der Waals surface area contributed by atoms with Gasteiger partial charge in [0.2, 0.25) is 10.0 Å². The third-order valence-corrected chi connectivity index (χ3v) is 6.67. The van der Waals surface area contributed by atoms with E-state index in [9.17, 15) is 8.42 Å². The van der Waals surface area contributed by atoms with Crippen LogP contribution < -0.4 is 4.72 Å². The van der Waals surface area contributed by atoms with Gasteiger partial charge in [0, 0.05) is 6.54 Å². The molecule has 0 fully saturated rings. The molecule has 0 spiro atoms. The first kappa shape index (κ1) is 18.6. The van der Waals surface area contributed by atoms with Crippen molar-refractivity contribution in [1.82, 2.24) is 4.72 Å². The van der Waals surface area contributed by atoms with Crippen molar-refractivity contribution in [2.75, 3.05) is 19.8 Å². The van der Waals surface area contributed by atoms with Crippen LogP contribution in [-0.2, 0) is 14.8 Å². The van der Waals surface area contributed by atoms with E-state index in [4.69, 9.17) is 9.84 Å². The summed E-state index contributed by atoms with van der Waals surface area (Å²) in [5.41, 5.74) is 1.97. The number of benzene rings is 1. The standard InChI is InChI=1S/C15H18BrNO4S2/c1-11-2-4-12(5-3-11)13(21-9-8-18)10-17-23(19,20)15-7-6-14(16)22-15/h2-7,13,17-18H,8-10H2,1H3/t13-/m0/s1. The quantitative estimate of drug-likeness (QED) is 0.689. The highest BCUT2D eigenvalue weighted by molar-refractivity contribution is 9.11. The van der Waals surface area contributed by atoms with Gasteiger partial charge in [-0.15, -0.1) is 11.3 Å². The number of nitrogens with one attached hydrogen (secondary N) is 1. The summed E-state index contributed by atoms with van der Waals surface area (Å²) in [5, 5.41) is 8.95. The van der Waals surface area contributed by atoms with Crippen molar-refractivity contribution in [3.05, 3.63) is 51.3 Å². The first-order valence-corrected chi connectivity index (χ1v) is 10.1. The Bertz CT molecular complexity index is 728. The van der Waals surface area contributed by atoms with Gasteiger partial charge in [0.25, 0.3) is 0 Å². The van der Waals surface area contributed by atoms with E-state index >= 15 is 0 Å². The molecule has 1 aromatic heterocycles. The zero-order valence-corrected chi connectivity index (χ0v) is 15.7. The second-order valence-electron chi connectivity index (χ2n) is 4.90. The molecule has 8 heteroatoms. The topological polar surface area (TPSA) is 75.6 Å². The summed E-state index contributed by atoms with van der Waals surface area (Å²) in [6.07, 6.45) is -0.457. The fraction of sp³-hybridized carbons (Fsp3) is 0.333. The van der Waals surface area contributed by atoms with Gasteiger partial charge in [-0.25, -0.2) is 13.1 Å². The minimum absolute atomic E-state index is 0.0981. The van der Waals surface area contributed by atoms with Crippen molar-refractivity contribution in [1.29, 1.82) is 0 Å². The molecule has 0 aliphatic carbocycles. The van der Waals surface area contributed by atoms with E-state index in [-0.39, 0.29) is 24.0 Å². The molecule has 0 unspecified atom stereocenters. The largest absolute Gasteiger partial charge is 0.394 e. The van der Waals surface area contributed by atoms with Crippen molar-refractivity contribution < 1.29 is 18.3 Å². The molecule has 1 heterocycles. The van der Waals surface area contributed by atoms with Gasteiger partial charge in [0.1, 0.15) is 4.21 Å². The van der Waals surface area contributed by atoms with Gasteiger partial charge < -0.3 is 9.84 Å². The normalized spacial score (nSPS) is 13.2. The van der Waals surface area contributed by atoms with Gasteiger partial charge >= 0.3 is 0 Å². The number of thiophene rings is 1. The molecule has 2 rings (SSSR count). The highest BCUT2D eigenvalue weighted by Gasteiger charge is 2.20. The molecule has 2 N–H and O–H groups in total. The molecular formula is C15H18BrNO4S2. The van der Waals surface area contributed by atoms with Crippen LogP contribution in [0.2, 0.25) is 0 Å². The minimum atomic E-state index is -3.58. The van der Waals surface area contributed by atoms with Crippen LogP contribution in [0.4, 0.5) is 0 Å². The Hall–Kier alpha value is -0.770. The number of hydrogen-bond donors (Lipinski definition) is 2. The van der Waals surface area contributed by atoms with Gasteiger partial charge in [-0.05, 0) is 40.5 Å². The molecular weight excluding hydrogens is 402 g/mol. The SMILES string of the molecule is Cc1ccc([C@H](CNS(=O)(=O)c2ccc(Br)s2)OCCO)cc1. The van der Waals surface area contributed by atoms with Crippen molar-refractivity contribution in [3.63, 3.8) is 0 Å². The second kappa shape index (κ2) is 8.36. The fourth-order valence-corrected chi connectivity index (χ4v) is 5.03. The van der Waals surface area contributed by atoms with E-state index in [1.54, 1.807) is 12.1 Å². The smallest absolute Gasteiger partial charge is 0.250 e. The number of sulfonamides is 1. The molecule has 5 nitrogen and oxygen atoms in total. The summed E-state index contributed by atoms with van der Waals surface area (Å²) in [4.78, 5) is 0. The Morgan fingerprint density at radius 2 is 1.96 bits per heavy atom. The van der Waals surface area contributed by atoms with E-state index in [1.807, 2.05) is 31.2 Å². The molecule has 0 radical (unpaired) electrons. The van der Waals surface area contributed by atoms with Crippen molar-refractivity contribution in [3.8, 4) is 0 Å². The van der Waals surface area contributed by atoms with E-state index in [2.05, 4.69) is 20.7 Å². The Balaban J connectivity index is 2.10. The van der Waals surface area contributed by atoms with Crippen LogP contribution in [-0.4, -0.2) is 33.3 Å². The van der Waals surface area contributed by atoms with Gasteiger partial charge in [0.05, 0.1) is 23.1 Å². The van der Waals surface area contributed by atoms with Crippen molar-refractivity contribution in [2.24, 2.45) is 0 Å². The summed E-state index contributed by atoms with van der Waals surface area (Å²) in [6.45, 7) is 2.10. The molecule has 23 heavy (non-hydrogen) atoms.